The highest BCUT2D eigenvalue weighted by Crippen LogP contribution is 2.24. The van der Waals surface area contributed by atoms with Gasteiger partial charge in [-0.15, -0.1) is 0 Å². The van der Waals surface area contributed by atoms with E-state index in [1.807, 2.05) is 12.3 Å². The SMILES string of the molecule is Cc1cc(N2CCN([C@@H](C)c3ccccn3)CC2)ccc1/C(C=NCC1CCCCO1)=N/N. The number of nitrogens with zero attached hydrogens (tertiary/aromatic N) is 5. The number of piperazine rings is 1. The molecule has 3 heterocycles. The molecule has 2 aliphatic heterocycles. The molecule has 2 saturated heterocycles. The summed E-state index contributed by atoms with van der Waals surface area (Å²) in [5, 5.41) is 4.00. The molecule has 2 fully saturated rings. The van der Waals surface area contributed by atoms with Gasteiger partial charge in [-0.3, -0.25) is 14.9 Å². The van der Waals surface area contributed by atoms with E-state index in [2.05, 4.69) is 69.1 Å². The number of hydrogen-bond donors (Lipinski definition) is 1. The van der Waals surface area contributed by atoms with E-state index in [9.17, 15) is 0 Å². The van der Waals surface area contributed by atoms with Gasteiger partial charge in [-0.05, 0) is 62.9 Å². The summed E-state index contributed by atoms with van der Waals surface area (Å²) >= 11 is 0. The van der Waals surface area contributed by atoms with E-state index in [0.29, 0.717) is 18.3 Å². The Morgan fingerprint density at radius 1 is 1.21 bits per heavy atom. The smallest absolute Gasteiger partial charge is 0.108 e. The summed E-state index contributed by atoms with van der Waals surface area (Å²) in [6.45, 7) is 9.89. The van der Waals surface area contributed by atoms with Gasteiger partial charge in [0, 0.05) is 62.5 Å². The van der Waals surface area contributed by atoms with Crippen molar-refractivity contribution in [3.05, 3.63) is 59.4 Å². The third kappa shape index (κ3) is 5.97. The van der Waals surface area contributed by atoms with E-state index in [1.54, 1.807) is 6.21 Å². The van der Waals surface area contributed by atoms with Crippen molar-refractivity contribution in [2.75, 3.05) is 44.2 Å². The van der Waals surface area contributed by atoms with Gasteiger partial charge in [-0.2, -0.15) is 5.10 Å². The monoisotopic (exact) mass is 448 g/mol. The second-order valence-corrected chi connectivity index (χ2v) is 8.95. The van der Waals surface area contributed by atoms with E-state index in [4.69, 9.17) is 10.6 Å². The molecule has 2 N–H and O–H groups in total. The first kappa shape index (κ1) is 23.4. The average molecular weight is 449 g/mol. The molecule has 4 rings (SSSR count). The largest absolute Gasteiger partial charge is 0.376 e. The van der Waals surface area contributed by atoms with Gasteiger partial charge < -0.3 is 15.5 Å². The summed E-state index contributed by atoms with van der Waals surface area (Å²) in [5.41, 5.74) is 5.27. The summed E-state index contributed by atoms with van der Waals surface area (Å²) < 4.78 is 5.76. The molecule has 2 atom stereocenters. The van der Waals surface area contributed by atoms with Crippen LogP contribution in [0.3, 0.4) is 0 Å². The van der Waals surface area contributed by atoms with Gasteiger partial charge in [0.15, 0.2) is 0 Å². The Hall–Kier alpha value is -2.77. The van der Waals surface area contributed by atoms with Crippen molar-refractivity contribution in [3.63, 3.8) is 0 Å². The van der Waals surface area contributed by atoms with Crippen molar-refractivity contribution < 1.29 is 4.74 Å². The average Bonchev–Trinajstić information content (AvgIpc) is 2.88. The molecule has 1 unspecified atom stereocenters. The fraction of sp³-hybridized carbons (Fsp3) is 0.500. The maximum absolute atomic E-state index is 5.76. The van der Waals surface area contributed by atoms with Crippen molar-refractivity contribution in [3.8, 4) is 0 Å². The third-order valence-corrected chi connectivity index (χ3v) is 6.76. The van der Waals surface area contributed by atoms with Gasteiger partial charge in [-0.25, -0.2) is 0 Å². The van der Waals surface area contributed by atoms with Crippen LogP contribution in [0.25, 0.3) is 0 Å². The highest BCUT2D eigenvalue weighted by atomic mass is 16.5. The minimum absolute atomic E-state index is 0.219. The molecule has 2 aromatic rings. The molecule has 0 saturated carbocycles. The zero-order valence-corrected chi connectivity index (χ0v) is 19.9. The number of aromatic nitrogens is 1. The molecule has 0 aliphatic carbocycles. The Bertz CT molecular complexity index is 947. The van der Waals surface area contributed by atoms with Crippen LogP contribution in [0.4, 0.5) is 5.69 Å². The maximum atomic E-state index is 5.76. The Morgan fingerprint density at radius 2 is 2.06 bits per heavy atom. The molecule has 2 aliphatic rings. The predicted molar refractivity (Wildman–Crippen MR) is 135 cm³/mol. The first-order valence-electron chi connectivity index (χ1n) is 12.1. The molecule has 0 bridgehead atoms. The van der Waals surface area contributed by atoms with Gasteiger partial charge >= 0.3 is 0 Å². The number of pyridine rings is 1. The number of ether oxygens (including phenoxy) is 1. The van der Waals surface area contributed by atoms with Crippen LogP contribution in [0.2, 0.25) is 0 Å². The Balaban J connectivity index is 1.35. The third-order valence-electron chi connectivity index (χ3n) is 6.76. The van der Waals surface area contributed by atoms with Crippen LogP contribution >= 0.6 is 0 Å². The molecule has 1 aromatic heterocycles. The van der Waals surface area contributed by atoms with Gasteiger partial charge in [0.1, 0.15) is 5.71 Å². The van der Waals surface area contributed by atoms with E-state index < -0.39 is 0 Å². The van der Waals surface area contributed by atoms with Gasteiger partial charge in [-0.1, -0.05) is 12.1 Å². The second-order valence-electron chi connectivity index (χ2n) is 8.95. The van der Waals surface area contributed by atoms with Crippen molar-refractivity contribution in [1.82, 2.24) is 9.88 Å². The number of aryl methyl sites for hydroxylation is 1. The van der Waals surface area contributed by atoms with Crippen LogP contribution in [0.5, 0.6) is 0 Å². The maximum Gasteiger partial charge on any atom is 0.108 e. The fourth-order valence-corrected chi connectivity index (χ4v) is 4.69. The lowest BCUT2D eigenvalue weighted by atomic mass is 10.0. The lowest BCUT2D eigenvalue weighted by Crippen LogP contribution is -2.47. The second kappa shape index (κ2) is 11.4. The molecule has 7 heteroatoms. The van der Waals surface area contributed by atoms with E-state index in [1.165, 1.54) is 12.1 Å². The van der Waals surface area contributed by atoms with Crippen LogP contribution in [-0.2, 0) is 4.74 Å². The summed E-state index contributed by atoms with van der Waals surface area (Å²) in [4.78, 5) is 14.1. The van der Waals surface area contributed by atoms with Crippen LogP contribution in [0.1, 0.15) is 49.0 Å². The van der Waals surface area contributed by atoms with Gasteiger partial charge in [0.05, 0.1) is 18.3 Å². The first-order chi connectivity index (χ1) is 16.2. The highest BCUT2D eigenvalue weighted by molar-refractivity contribution is 6.38. The number of hydrazone groups is 1. The number of hydrogen-bond acceptors (Lipinski definition) is 7. The quantitative estimate of drug-likeness (QED) is 0.398. The molecule has 0 spiro atoms. The topological polar surface area (TPSA) is 79.3 Å². The summed E-state index contributed by atoms with van der Waals surface area (Å²) in [6, 6.07) is 13.0. The number of nitrogens with two attached hydrogens (primary N) is 1. The lowest BCUT2D eigenvalue weighted by molar-refractivity contribution is 0.0226. The minimum atomic E-state index is 0.219. The van der Waals surface area contributed by atoms with Crippen molar-refractivity contribution in [1.29, 1.82) is 0 Å². The minimum Gasteiger partial charge on any atom is -0.376 e. The Kier molecular flexibility index (Phi) is 8.07. The van der Waals surface area contributed by atoms with E-state index in [-0.39, 0.29) is 6.10 Å². The highest BCUT2D eigenvalue weighted by Gasteiger charge is 2.23. The Labute approximate surface area is 197 Å². The first-order valence-corrected chi connectivity index (χ1v) is 12.1. The molecular formula is C26H36N6O. The van der Waals surface area contributed by atoms with Crippen LogP contribution in [-0.4, -0.2) is 67.2 Å². The van der Waals surface area contributed by atoms with E-state index in [0.717, 1.165) is 62.4 Å². The van der Waals surface area contributed by atoms with Gasteiger partial charge in [0.2, 0.25) is 0 Å². The zero-order chi connectivity index (χ0) is 23.0. The van der Waals surface area contributed by atoms with Crippen molar-refractivity contribution in [2.24, 2.45) is 15.9 Å². The Morgan fingerprint density at radius 3 is 2.73 bits per heavy atom. The summed E-state index contributed by atoms with van der Waals surface area (Å²) in [5.74, 6) is 5.71. The summed E-state index contributed by atoms with van der Waals surface area (Å²) in [6.07, 6.45) is 7.33. The molecule has 176 valence electrons. The van der Waals surface area contributed by atoms with Crippen molar-refractivity contribution in [2.45, 2.75) is 45.3 Å². The lowest BCUT2D eigenvalue weighted by Gasteiger charge is -2.39. The number of anilines is 1. The van der Waals surface area contributed by atoms with Crippen LogP contribution in [0, 0.1) is 6.92 Å². The normalized spacial score (nSPS) is 21.5. The zero-order valence-electron chi connectivity index (χ0n) is 19.9. The predicted octanol–water partition coefficient (Wildman–Crippen LogP) is 3.58. The molecule has 0 amide bonds. The molecule has 7 nitrogen and oxygen atoms in total. The number of rotatable bonds is 7. The van der Waals surface area contributed by atoms with E-state index >= 15 is 0 Å². The van der Waals surface area contributed by atoms with Crippen molar-refractivity contribution >= 4 is 17.6 Å². The fourth-order valence-electron chi connectivity index (χ4n) is 4.69. The van der Waals surface area contributed by atoms with Crippen LogP contribution < -0.4 is 10.7 Å². The molecular weight excluding hydrogens is 412 g/mol. The number of benzene rings is 1. The van der Waals surface area contributed by atoms with Gasteiger partial charge in [0.25, 0.3) is 0 Å². The molecule has 0 radical (unpaired) electrons. The molecule has 33 heavy (non-hydrogen) atoms. The summed E-state index contributed by atoms with van der Waals surface area (Å²) in [7, 11) is 0. The number of aliphatic imine (C=N–C) groups is 1. The van der Waals surface area contributed by atoms with Crippen LogP contribution in [0.15, 0.2) is 52.7 Å². The standard InChI is InChI=1S/C26H36N6O/c1-20-17-22(32-14-12-31(13-15-32)21(2)25-8-3-5-11-29-25)9-10-24(20)26(30-27)19-28-18-23-7-4-6-16-33-23/h3,5,8-11,17,19,21,23H,4,6-7,12-16,18,27H2,1-2H3/b28-19?,30-26+/t21-,23?/m0/s1. The molecule has 1 aromatic carbocycles.